The van der Waals surface area contributed by atoms with Crippen LogP contribution >= 0.6 is 15.9 Å². The molecule has 2 N–H and O–H groups in total. The molecule has 2 rings (SSSR count). The predicted molar refractivity (Wildman–Crippen MR) is 83.6 cm³/mol. The molecule has 0 radical (unpaired) electrons. The van der Waals surface area contributed by atoms with Crippen molar-refractivity contribution in [2.45, 2.75) is 6.54 Å². The second-order valence-electron chi connectivity index (χ2n) is 4.52. The van der Waals surface area contributed by atoms with Crippen LogP contribution in [0.3, 0.4) is 0 Å². The van der Waals surface area contributed by atoms with Gasteiger partial charge < -0.3 is 15.4 Å². The number of hydrogen-bond donors (Lipinski definition) is 1. The van der Waals surface area contributed by atoms with Crippen LogP contribution in [0.1, 0.15) is 5.56 Å². The van der Waals surface area contributed by atoms with E-state index in [1.807, 2.05) is 30.1 Å². The third-order valence-corrected chi connectivity index (χ3v) is 3.54. The average Bonchev–Trinajstić information content (AvgIpc) is 2.38. The van der Waals surface area contributed by atoms with Gasteiger partial charge in [-0.2, -0.15) is 0 Å². The number of nitrogen functional groups attached to an aromatic ring is 1. The van der Waals surface area contributed by atoms with Gasteiger partial charge >= 0.3 is 0 Å². The molecule has 0 amide bonds. The van der Waals surface area contributed by atoms with E-state index in [0.717, 1.165) is 15.7 Å². The van der Waals surface area contributed by atoms with Gasteiger partial charge in [-0.3, -0.25) is 0 Å². The minimum absolute atomic E-state index is 0.280. The van der Waals surface area contributed by atoms with E-state index in [4.69, 9.17) is 10.5 Å². The van der Waals surface area contributed by atoms with Crippen molar-refractivity contribution in [2.24, 2.45) is 0 Å². The van der Waals surface area contributed by atoms with Crippen molar-refractivity contribution in [3.05, 3.63) is 52.3 Å². The fourth-order valence-electron chi connectivity index (χ4n) is 2.08. The topological polar surface area (TPSA) is 38.5 Å². The Kier molecular flexibility index (Phi) is 4.49. The molecule has 2 aromatic rings. The van der Waals surface area contributed by atoms with E-state index in [9.17, 15) is 4.39 Å². The van der Waals surface area contributed by atoms with E-state index in [1.165, 1.54) is 12.1 Å². The lowest BCUT2D eigenvalue weighted by Gasteiger charge is -2.22. The number of rotatable bonds is 4. The van der Waals surface area contributed by atoms with Gasteiger partial charge in [-0.05, 0) is 36.4 Å². The predicted octanol–water partition coefficient (Wildman–Crippen LogP) is 3.82. The highest BCUT2D eigenvalue weighted by Crippen LogP contribution is 2.29. The maximum atomic E-state index is 13.4. The quantitative estimate of drug-likeness (QED) is 0.861. The Labute approximate surface area is 126 Å². The van der Waals surface area contributed by atoms with Crippen LogP contribution in [-0.4, -0.2) is 14.2 Å². The number of anilines is 2. The lowest BCUT2D eigenvalue weighted by molar-refractivity contribution is 0.408. The molecule has 0 unspecified atom stereocenters. The van der Waals surface area contributed by atoms with E-state index in [1.54, 1.807) is 13.2 Å². The molecule has 0 aliphatic heterocycles. The van der Waals surface area contributed by atoms with Crippen LogP contribution in [0.2, 0.25) is 0 Å². The largest absolute Gasteiger partial charge is 0.496 e. The van der Waals surface area contributed by atoms with Gasteiger partial charge in [0.2, 0.25) is 0 Å². The number of benzene rings is 2. The zero-order valence-corrected chi connectivity index (χ0v) is 12.9. The third kappa shape index (κ3) is 3.22. The standard InChI is InChI=1S/C15H16BrFN2O/c1-19(14-5-3-11(16)8-13(14)18)9-10-7-12(17)4-6-15(10)20-2/h3-8H,9,18H2,1-2H3. The van der Waals surface area contributed by atoms with Gasteiger partial charge in [0.25, 0.3) is 0 Å². The minimum atomic E-state index is -0.280. The van der Waals surface area contributed by atoms with Gasteiger partial charge in [-0.1, -0.05) is 15.9 Å². The number of nitrogens with two attached hydrogens (primary N) is 1. The Hall–Kier alpha value is -1.75. The number of ether oxygens (including phenoxy) is 1. The Morgan fingerprint density at radius 2 is 2.00 bits per heavy atom. The normalized spacial score (nSPS) is 10.4. The molecule has 0 bridgehead atoms. The van der Waals surface area contributed by atoms with Crippen LogP contribution in [0, 0.1) is 5.82 Å². The zero-order chi connectivity index (χ0) is 14.7. The van der Waals surface area contributed by atoms with E-state index < -0.39 is 0 Å². The molecule has 0 atom stereocenters. The van der Waals surface area contributed by atoms with E-state index >= 15 is 0 Å². The Balaban J connectivity index is 2.27. The van der Waals surface area contributed by atoms with Crippen molar-refractivity contribution in [3.8, 4) is 5.75 Å². The number of methoxy groups -OCH3 is 1. The Bertz CT molecular complexity index is 619. The molecule has 20 heavy (non-hydrogen) atoms. The molecule has 0 heterocycles. The maximum absolute atomic E-state index is 13.4. The van der Waals surface area contributed by atoms with E-state index in [-0.39, 0.29) is 5.82 Å². The van der Waals surface area contributed by atoms with Gasteiger partial charge in [-0.15, -0.1) is 0 Å². The Morgan fingerprint density at radius 1 is 1.25 bits per heavy atom. The number of halogens is 2. The molecule has 0 aromatic heterocycles. The molecule has 106 valence electrons. The highest BCUT2D eigenvalue weighted by molar-refractivity contribution is 9.10. The first kappa shape index (κ1) is 14.7. The number of hydrogen-bond acceptors (Lipinski definition) is 3. The van der Waals surface area contributed by atoms with Crippen molar-refractivity contribution in [3.63, 3.8) is 0 Å². The highest BCUT2D eigenvalue weighted by Gasteiger charge is 2.10. The lowest BCUT2D eigenvalue weighted by Crippen LogP contribution is -2.18. The van der Waals surface area contributed by atoms with Gasteiger partial charge in [0, 0.05) is 23.6 Å². The summed E-state index contributed by atoms with van der Waals surface area (Å²) in [5.74, 6) is 0.381. The second kappa shape index (κ2) is 6.13. The summed E-state index contributed by atoms with van der Waals surface area (Å²) in [7, 11) is 3.48. The summed E-state index contributed by atoms with van der Waals surface area (Å²) in [6, 6.07) is 10.2. The van der Waals surface area contributed by atoms with E-state index in [0.29, 0.717) is 18.0 Å². The van der Waals surface area contributed by atoms with Gasteiger partial charge in [0.15, 0.2) is 0 Å². The average molecular weight is 339 g/mol. The van der Waals surface area contributed by atoms with Crippen LogP contribution < -0.4 is 15.4 Å². The SMILES string of the molecule is COc1ccc(F)cc1CN(C)c1ccc(Br)cc1N. The minimum Gasteiger partial charge on any atom is -0.496 e. The van der Waals surface area contributed by atoms with Crippen molar-refractivity contribution >= 4 is 27.3 Å². The Morgan fingerprint density at radius 3 is 2.65 bits per heavy atom. The molecule has 0 saturated heterocycles. The summed E-state index contributed by atoms with van der Waals surface area (Å²) in [6.45, 7) is 0.507. The molecule has 0 aliphatic carbocycles. The van der Waals surface area contributed by atoms with Gasteiger partial charge in [0.1, 0.15) is 11.6 Å². The van der Waals surface area contributed by atoms with E-state index in [2.05, 4.69) is 15.9 Å². The van der Waals surface area contributed by atoms with Crippen LogP contribution in [-0.2, 0) is 6.54 Å². The van der Waals surface area contributed by atoms with Crippen LogP contribution in [0.25, 0.3) is 0 Å². The molecule has 0 saturated carbocycles. The summed E-state index contributed by atoms with van der Waals surface area (Å²) in [4.78, 5) is 1.96. The third-order valence-electron chi connectivity index (χ3n) is 3.05. The monoisotopic (exact) mass is 338 g/mol. The van der Waals surface area contributed by atoms with Crippen molar-refractivity contribution in [2.75, 3.05) is 24.8 Å². The van der Waals surface area contributed by atoms with Crippen molar-refractivity contribution < 1.29 is 9.13 Å². The van der Waals surface area contributed by atoms with Gasteiger partial charge in [0.05, 0.1) is 18.5 Å². The molecule has 3 nitrogen and oxygen atoms in total. The first-order valence-electron chi connectivity index (χ1n) is 6.10. The van der Waals surface area contributed by atoms with Crippen LogP contribution in [0.4, 0.5) is 15.8 Å². The summed E-state index contributed by atoms with van der Waals surface area (Å²) >= 11 is 3.38. The molecule has 5 heteroatoms. The summed E-state index contributed by atoms with van der Waals surface area (Å²) < 4.78 is 19.5. The van der Waals surface area contributed by atoms with Gasteiger partial charge in [-0.25, -0.2) is 4.39 Å². The molecule has 0 spiro atoms. The molecule has 2 aromatic carbocycles. The van der Waals surface area contributed by atoms with Crippen molar-refractivity contribution in [1.29, 1.82) is 0 Å². The number of nitrogens with zero attached hydrogens (tertiary/aromatic N) is 1. The first-order valence-corrected chi connectivity index (χ1v) is 6.89. The molecule has 0 aliphatic rings. The smallest absolute Gasteiger partial charge is 0.124 e. The first-order chi connectivity index (χ1) is 9.51. The molecular weight excluding hydrogens is 323 g/mol. The highest BCUT2D eigenvalue weighted by atomic mass is 79.9. The van der Waals surface area contributed by atoms with Crippen LogP contribution in [0.5, 0.6) is 5.75 Å². The zero-order valence-electron chi connectivity index (χ0n) is 11.4. The lowest BCUT2D eigenvalue weighted by atomic mass is 10.1. The summed E-state index contributed by atoms with van der Waals surface area (Å²) in [5, 5.41) is 0. The van der Waals surface area contributed by atoms with Crippen LogP contribution in [0.15, 0.2) is 40.9 Å². The second-order valence-corrected chi connectivity index (χ2v) is 5.43. The molecular formula is C15H16BrFN2O. The molecule has 0 fully saturated rings. The maximum Gasteiger partial charge on any atom is 0.124 e. The fourth-order valence-corrected chi connectivity index (χ4v) is 2.46. The fraction of sp³-hybridized carbons (Fsp3) is 0.200. The summed E-state index contributed by atoms with van der Waals surface area (Å²) in [5.41, 5.74) is 8.33. The van der Waals surface area contributed by atoms with Crippen molar-refractivity contribution in [1.82, 2.24) is 0 Å². The summed E-state index contributed by atoms with van der Waals surface area (Å²) in [6.07, 6.45) is 0.